The molecule has 0 unspecified atom stereocenters. The van der Waals surface area contributed by atoms with E-state index in [4.69, 9.17) is 23.2 Å². The van der Waals surface area contributed by atoms with Crippen LogP contribution in [0.15, 0.2) is 42.5 Å². The Hall–Kier alpha value is -1.48. The summed E-state index contributed by atoms with van der Waals surface area (Å²) in [6.45, 7) is 2.10. The van der Waals surface area contributed by atoms with E-state index in [-0.39, 0.29) is 12.1 Å². The van der Waals surface area contributed by atoms with Gasteiger partial charge in [0.05, 0.1) is 22.0 Å². The van der Waals surface area contributed by atoms with Gasteiger partial charge in [-0.25, -0.2) is 12.8 Å². The highest BCUT2D eigenvalue weighted by Crippen LogP contribution is 2.25. The lowest BCUT2D eigenvalue weighted by molar-refractivity contribution is -0.122. The smallest absolute Gasteiger partial charge is 0.243 e. The molecule has 0 bridgehead atoms. The van der Waals surface area contributed by atoms with E-state index in [1.165, 1.54) is 12.1 Å². The zero-order valence-electron chi connectivity index (χ0n) is 16.6. The second kappa shape index (κ2) is 11.2. The van der Waals surface area contributed by atoms with Crippen molar-refractivity contribution in [3.8, 4) is 0 Å². The molecule has 10 heteroatoms. The van der Waals surface area contributed by atoms with Crippen LogP contribution in [0, 0.1) is 5.82 Å². The highest BCUT2D eigenvalue weighted by Gasteiger charge is 2.31. The molecule has 5 nitrogen and oxygen atoms in total. The van der Waals surface area contributed by atoms with Crippen LogP contribution in [0.2, 0.25) is 10.0 Å². The van der Waals surface area contributed by atoms with Gasteiger partial charge in [-0.1, -0.05) is 36.2 Å². The second-order valence-corrected chi connectivity index (χ2v) is 10.3. The number of rotatable bonds is 10. The summed E-state index contributed by atoms with van der Waals surface area (Å²) < 4.78 is 38.9. The van der Waals surface area contributed by atoms with Gasteiger partial charge in [-0.2, -0.15) is 11.8 Å². The van der Waals surface area contributed by atoms with E-state index in [0.717, 1.165) is 28.3 Å². The summed E-state index contributed by atoms with van der Waals surface area (Å²) in [5.74, 6) is 0.457. The minimum atomic E-state index is -3.74. The Morgan fingerprint density at radius 2 is 1.83 bits per heavy atom. The number of sulfonamides is 1. The Kier molecular flexibility index (Phi) is 9.28. The zero-order chi connectivity index (χ0) is 22.3. The molecule has 0 spiro atoms. The Morgan fingerprint density at radius 1 is 1.17 bits per heavy atom. The number of carbonyl (C=O) groups is 1. The number of amides is 1. The van der Waals surface area contributed by atoms with Crippen molar-refractivity contribution in [2.75, 3.05) is 22.9 Å². The average Bonchev–Trinajstić information content (AvgIpc) is 2.68. The van der Waals surface area contributed by atoms with Crippen LogP contribution in [0.1, 0.15) is 18.9 Å². The largest absolute Gasteiger partial charge is 0.353 e. The molecule has 0 radical (unpaired) electrons. The fourth-order valence-corrected chi connectivity index (χ4v) is 5.17. The minimum Gasteiger partial charge on any atom is -0.353 e. The summed E-state index contributed by atoms with van der Waals surface area (Å²) in [7, 11) is -3.74. The summed E-state index contributed by atoms with van der Waals surface area (Å²) >= 11 is 13.5. The van der Waals surface area contributed by atoms with Crippen molar-refractivity contribution >= 4 is 56.6 Å². The molecular weight excluding hydrogens is 470 g/mol. The maximum atomic E-state index is 13.2. The summed E-state index contributed by atoms with van der Waals surface area (Å²) in [6, 6.07) is 9.52. The van der Waals surface area contributed by atoms with Crippen LogP contribution in [0.5, 0.6) is 0 Å². The number of benzene rings is 2. The van der Waals surface area contributed by atoms with Gasteiger partial charge >= 0.3 is 0 Å². The Bertz CT molecular complexity index is 973. The van der Waals surface area contributed by atoms with E-state index >= 15 is 0 Å². The van der Waals surface area contributed by atoms with E-state index in [0.29, 0.717) is 28.1 Å². The Balaban J connectivity index is 1.95. The SMILES string of the molecule is CC[C@@H](C(=O)NCCSCc1ccc(Cl)c(Cl)c1)N(c1ccc(F)cc1)S(C)(=O)=O. The van der Waals surface area contributed by atoms with Crippen LogP contribution in [0.3, 0.4) is 0 Å². The zero-order valence-corrected chi connectivity index (χ0v) is 19.7. The number of anilines is 1. The summed E-state index contributed by atoms with van der Waals surface area (Å²) in [4.78, 5) is 12.7. The maximum absolute atomic E-state index is 13.2. The van der Waals surface area contributed by atoms with Crippen molar-refractivity contribution in [3.63, 3.8) is 0 Å². The number of hydrogen-bond acceptors (Lipinski definition) is 4. The molecule has 0 saturated heterocycles. The molecule has 0 aliphatic heterocycles. The Labute approximate surface area is 191 Å². The first-order valence-corrected chi connectivity index (χ1v) is 12.9. The molecule has 1 atom stereocenters. The summed E-state index contributed by atoms with van der Waals surface area (Å²) in [6.07, 6.45) is 1.30. The number of nitrogens with zero attached hydrogens (tertiary/aromatic N) is 1. The third-order valence-electron chi connectivity index (χ3n) is 4.21. The van der Waals surface area contributed by atoms with Crippen molar-refractivity contribution < 1.29 is 17.6 Å². The van der Waals surface area contributed by atoms with Gasteiger partial charge in [0.1, 0.15) is 11.9 Å². The van der Waals surface area contributed by atoms with Gasteiger partial charge in [-0.3, -0.25) is 9.10 Å². The molecule has 1 amide bonds. The van der Waals surface area contributed by atoms with Crippen LogP contribution < -0.4 is 9.62 Å². The van der Waals surface area contributed by atoms with Crippen LogP contribution in [-0.2, 0) is 20.6 Å². The van der Waals surface area contributed by atoms with Crippen LogP contribution >= 0.6 is 35.0 Å². The molecule has 2 aromatic carbocycles. The minimum absolute atomic E-state index is 0.245. The number of carbonyl (C=O) groups excluding carboxylic acids is 1. The highest BCUT2D eigenvalue weighted by atomic mass is 35.5. The third kappa shape index (κ3) is 7.04. The van der Waals surface area contributed by atoms with Gasteiger partial charge in [0.15, 0.2) is 0 Å². The lowest BCUT2D eigenvalue weighted by Crippen LogP contribution is -2.49. The van der Waals surface area contributed by atoms with E-state index < -0.39 is 27.8 Å². The van der Waals surface area contributed by atoms with Crippen molar-refractivity contribution in [2.45, 2.75) is 25.1 Å². The second-order valence-electron chi connectivity index (χ2n) is 6.55. The first-order chi connectivity index (χ1) is 14.1. The molecule has 30 heavy (non-hydrogen) atoms. The molecule has 0 heterocycles. The third-order valence-corrected chi connectivity index (χ3v) is 7.16. The van der Waals surface area contributed by atoms with Gasteiger partial charge in [0, 0.05) is 18.1 Å². The number of nitrogens with one attached hydrogen (secondary N) is 1. The van der Waals surface area contributed by atoms with Gasteiger partial charge in [-0.15, -0.1) is 0 Å². The molecule has 2 rings (SSSR count). The monoisotopic (exact) mass is 492 g/mol. The normalized spacial score (nSPS) is 12.4. The first kappa shape index (κ1) is 24.8. The van der Waals surface area contributed by atoms with E-state index in [9.17, 15) is 17.6 Å². The van der Waals surface area contributed by atoms with Crippen molar-refractivity contribution in [1.82, 2.24) is 5.32 Å². The molecule has 0 saturated carbocycles. The number of halogens is 3. The molecular formula is C20H23Cl2FN2O3S2. The van der Waals surface area contributed by atoms with E-state index in [2.05, 4.69) is 5.32 Å². The summed E-state index contributed by atoms with van der Waals surface area (Å²) in [5.41, 5.74) is 1.27. The van der Waals surface area contributed by atoms with Crippen molar-refractivity contribution in [3.05, 3.63) is 63.9 Å². The molecule has 0 fully saturated rings. The van der Waals surface area contributed by atoms with Crippen molar-refractivity contribution in [2.24, 2.45) is 0 Å². The fraction of sp³-hybridized carbons (Fsp3) is 0.350. The number of hydrogen-bond donors (Lipinski definition) is 1. The molecule has 0 aliphatic rings. The van der Waals surface area contributed by atoms with Gasteiger partial charge < -0.3 is 5.32 Å². The standard InChI is InChI=1S/C20H23Cl2FN2O3S2/c1-3-19(25(30(2,27)28)16-7-5-15(23)6-8-16)20(26)24-10-11-29-13-14-4-9-17(21)18(22)12-14/h4-9,12,19H,3,10-11,13H2,1-2H3,(H,24,26)/t19-/m0/s1. The average molecular weight is 493 g/mol. The van der Waals surface area contributed by atoms with Gasteiger partial charge in [0.25, 0.3) is 0 Å². The van der Waals surface area contributed by atoms with Crippen molar-refractivity contribution in [1.29, 1.82) is 0 Å². The van der Waals surface area contributed by atoms with E-state index in [1.54, 1.807) is 30.8 Å². The van der Waals surface area contributed by atoms with E-state index in [1.807, 2.05) is 6.07 Å². The van der Waals surface area contributed by atoms with Crippen LogP contribution in [0.4, 0.5) is 10.1 Å². The molecule has 0 aliphatic carbocycles. The molecule has 2 aromatic rings. The fourth-order valence-electron chi connectivity index (χ4n) is 2.83. The predicted octanol–water partition coefficient (Wildman–Crippen LogP) is 4.73. The highest BCUT2D eigenvalue weighted by molar-refractivity contribution is 7.98. The molecule has 164 valence electrons. The lowest BCUT2D eigenvalue weighted by Gasteiger charge is -2.30. The van der Waals surface area contributed by atoms with Crippen LogP contribution in [-0.4, -0.2) is 38.9 Å². The Morgan fingerprint density at radius 3 is 2.40 bits per heavy atom. The molecule has 0 aromatic heterocycles. The molecule has 1 N–H and O–H groups in total. The maximum Gasteiger partial charge on any atom is 0.243 e. The predicted molar refractivity (Wildman–Crippen MR) is 123 cm³/mol. The van der Waals surface area contributed by atoms with Crippen LogP contribution in [0.25, 0.3) is 0 Å². The first-order valence-electron chi connectivity index (χ1n) is 9.17. The van der Waals surface area contributed by atoms with Gasteiger partial charge in [-0.05, 0) is 48.4 Å². The quantitative estimate of drug-likeness (QED) is 0.487. The summed E-state index contributed by atoms with van der Waals surface area (Å²) in [5, 5.41) is 3.78. The van der Waals surface area contributed by atoms with Gasteiger partial charge in [0.2, 0.25) is 15.9 Å². The lowest BCUT2D eigenvalue weighted by atomic mass is 10.2. The number of thioether (sulfide) groups is 1. The topological polar surface area (TPSA) is 66.5 Å².